The first-order valence-electron chi connectivity index (χ1n) is 3.41. The van der Waals surface area contributed by atoms with Crippen molar-refractivity contribution in [3.05, 3.63) is 14.2 Å². The molecular formula is C7H6Cl2O3S. The molecule has 0 radical (unpaired) electrons. The van der Waals surface area contributed by atoms with Gasteiger partial charge in [0.05, 0.1) is 6.61 Å². The maximum atomic E-state index is 10.7. The Morgan fingerprint density at radius 2 is 2.23 bits per heavy atom. The second kappa shape index (κ2) is 4.17. The first-order chi connectivity index (χ1) is 6.07. The van der Waals surface area contributed by atoms with Gasteiger partial charge in [-0.25, -0.2) is 4.79 Å². The van der Waals surface area contributed by atoms with E-state index in [2.05, 4.69) is 0 Å². The third-order valence-corrected chi connectivity index (χ3v) is 3.19. The second-order valence-corrected chi connectivity index (χ2v) is 4.09. The predicted molar refractivity (Wildman–Crippen MR) is 52.5 cm³/mol. The highest BCUT2D eigenvalue weighted by Gasteiger charge is 2.21. The molecule has 1 aromatic rings. The van der Waals surface area contributed by atoms with Crippen LogP contribution in [0.2, 0.25) is 9.36 Å². The summed E-state index contributed by atoms with van der Waals surface area (Å²) in [6, 6.07) is 0. The Morgan fingerprint density at radius 1 is 1.62 bits per heavy atom. The molecule has 3 nitrogen and oxygen atoms in total. The largest absolute Gasteiger partial charge is 0.490 e. The zero-order valence-corrected chi connectivity index (χ0v) is 8.96. The fourth-order valence-corrected chi connectivity index (χ4v) is 2.12. The summed E-state index contributed by atoms with van der Waals surface area (Å²) in [5.74, 6) is -0.922. The smallest absolute Gasteiger partial charge is 0.349 e. The van der Waals surface area contributed by atoms with Crippen LogP contribution in [0.15, 0.2) is 0 Å². The van der Waals surface area contributed by atoms with Crippen LogP contribution >= 0.6 is 34.5 Å². The van der Waals surface area contributed by atoms with E-state index in [-0.39, 0.29) is 20.0 Å². The molecule has 0 unspecified atom stereocenters. The van der Waals surface area contributed by atoms with Crippen molar-refractivity contribution in [3.8, 4) is 5.75 Å². The van der Waals surface area contributed by atoms with E-state index < -0.39 is 5.97 Å². The molecule has 1 N–H and O–H groups in total. The van der Waals surface area contributed by atoms with Gasteiger partial charge in [0, 0.05) is 0 Å². The molecule has 0 amide bonds. The Morgan fingerprint density at radius 3 is 2.69 bits per heavy atom. The quantitative estimate of drug-likeness (QED) is 0.884. The minimum atomic E-state index is -1.08. The van der Waals surface area contributed by atoms with Crippen LogP contribution in [-0.2, 0) is 0 Å². The van der Waals surface area contributed by atoms with E-state index in [9.17, 15) is 4.79 Å². The van der Waals surface area contributed by atoms with E-state index in [1.54, 1.807) is 6.92 Å². The van der Waals surface area contributed by atoms with Crippen molar-refractivity contribution in [2.75, 3.05) is 6.61 Å². The molecular weight excluding hydrogens is 235 g/mol. The van der Waals surface area contributed by atoms with Crippen molar-refractivity contribution in [2.45, 2.75) is 6.92 Å². The van der Waals surface area contributed by atoms with Crippen LogP contribution in [0.4, 0.5) is 0 Å². The lowest BCUT2D eigenvalue weighted by molar-refractivity contribution is 0.0698. The van der Waals surface area contributed by atoms with Gasteiger partial charge < -0.3 is 9.84 Å². The lowest BCUT2D eigenvalue weighted by atomic mass is 10.4. The van der Waals surface area contributed by atoms with Crippen LogP contribution in [0.5, 0.6) is 5.75 Å². The fourth-order valence-electron chi connectivity index (χ4n) is 0.784. The van der Waals surface area contributed by atoms with E-state index in [1.807, 2.05) is 0 Å². The molecule has 0 aliphatic carbocycles. The molecule has 1 rings (SSSR count). The molecule has 0 atom stereocenters. The Bertz CT molecular complexity index is 335. The Kier molecular flexibility index (Phi) is 3.41. The molecule has 0 bridgehead atoms. The van der Waals surface area contributed by atoms with Gasteiger partial charge in [-0.15, -0.1) is 11.3 Å². The van der Waals surface area contributed by atoms with Crippen molar-refractivity contribution in [1.29, 1.82) is 0 Å². The van der Waals surface area contributed by atoms with Crippen LogP contribution in [0.25, 0.3) is 0 Å². The zero-order chi connectivity index (χ0) is 10.0. The van der Waals surface area contributed by atoms with Gasteiger partial charge in [-0.2, -0.15) is 0 Å². The number of carboxylic acid groups (broad SMARTS) is 1. The molecule has 13 heavy (non-hydrogen) atoms. The SMILES string of the molecule is CCOc1c(C(=O)O)sc(Cl)c1Cl. The number of carbonyl (C=O) groups is 1. The molecule has 1 aromatic heterocycles. The zero-order valence-electron chi connectivity index (χ0n) is 6.63. The van der Waals surface area contributed by atoms with Crippen LogP contribution in [0.1, 0.15) is 16.6 Å². The normalized spacial score (nSPS) is 10.1. The number of rotatable bonds is 3. The molecule has 0 aliphatic rings. The molecule has 0 saturated carbocycles. The summed E-state index contributed by atoms with van der Waals surface area (Å²) in [6.07, 6.45) is 0. The minimum absolute atomic E-state index is 0.0388. The van der Waals surface area contributed by atoms with Crippen molar-refractivity contribution >= 4 is 40.5 Å². The van der Waals surface area contributed by atoms with Gasteiger partial charge in [0.25, 0.3) is 0 Å². The van der Waals surface area contributed by atoms with Gasteiger partial charge in [-0.3, -0.25) is 0 Å². The lowest BCUT2D eigenvalue weighted by Gasteiger charge is -2.01. The molecule has 0 aromatic carbocycles. The van der Waals surface area contributed by atoms with Crippen LogP contribution in [0.3, 0.4) is 0 Å². The highest BCUT2D eigenvalue weighted by atomic mass is 35.5. The molecule has 72 valence electrons. The van der Waals surface area contributed by atoms with E-state index in [0.29, 0.717) is 6.61 Å². The number of halogens is 2. The van der Waals surface area contributed by atoms with Crippen LogP contribution in [0, 0.1) is 0 Å². The third kappa shape index (κ3) is 2.07. The molecule has 0 saturated heterocycles. The van der Waals surface area contributed by atoms with Crippen LogP contribution < -0.4 is 4.74 Å². The Balaban J connectivity index is 3.18. The van der Waals surface area contributed by atoms with Gasteiger partial charge in [0.1, 0.15) is 9.36 Å². The third-order valence-electron chi connectivity index (χ3n) is 1.25. The minimum Gasteiger partial charge on any atom is -0.490 e. The summed E-state index contributed by atoms with van der Waals surface area (Å²) in [6.45, 7) is 2.10. The number of hydrogen-bond donors (Lipinski definition) is 1. The highest BCUT2D eigenvalue weighted by Crippen LogP contribution is 2.42. The topological polar surface area (TPSA) is 46.5 Å². The van der Waals surface area contributed by atoms with Gasteiger partial charge in [0.15, 0.2) is 10.6 Å². The van der Waals surface area contributed by atoms with Gasteiger partial charge in [0.2, 0.25) is 0 Å². The molecule has 0 aliphatic heterocycles. The maximum absolute atomic E-state index is 10.7. The van der Waals surface area contributed by atoms with E-state index in [0.717, 1.165) is 11.3 Å². The fraction of sp³-hybridized carbons (Fsp3) is 0.286. The van der Waals surface area contributed by atoms with E-state index >= 15 is 0 Å². The number of aromatic carboxylic acids is 1. The van der Waals surface area contributed by atoms with Crippen molar-refractivity contribution < 1.29 is 14.6 Å². The van der Waals surface area contributed by atoms with Gasteiger partial charge in [-0.05, 0) is 6.92 Å². The first-order valence-corrected chi connectivity index (χ1v) is 4.99. The number of ether oxygens (including phenoxy) is 1. The Labute approximate surface area is 88.8 Å². The van der Waals surface area contributed by atoms with Gasteiger partial charge >= 0.3 is 5.97 Å². The molecule has 6 heteroatoms. The van der Waals surface area contributed by atoms with Gasteiger partial charge in [-0.1, -0.05) is 23.2 Å². The Hall–Kier alpha value is -0.450. The number of thiophene rings is 1. The molecule has 0 fully saturated rings. The summed E-state index contributed by atoms with van der Waals surface area (Å²) in [5, 5.41) is 8.92. The first kappa shape index (κ1) is 10.6. The standard InChI is InChI=1S/C7H6Cl2O3S/c1-2-12-4-3(8)6(9)13-5(4)7(10)11/h2H2,1H3,(H,10,11). The number of carboxylic acids is 1. The number of hydrogen-bond acceptors (Lipinski definition) is 3. The van der Waals surface area contributed by atoms with Crippen molar-refractivity contribution in [2.24, 2.45) is 0 Å². The second-order valence-electron chi connectivity index (χ2n) is 2.09. The summed E-state index contributed by atoms with van der Waals surface area (Å²) < 4.78 is 5.30. The van der Waals surface area contributed by atoms with Crippen LogP contribution in [-0.4, -0.2) is 17.7 Å². The highest BCUT2D eigenvalue weighted by molar-refractivity contribution is 7.19. The summed E-state index contributed by atoms with van der Waals surface area (Å²) in [7, 11) is 0. The summed E-state index contributed by atoms with van der Waals surface area (Å²) in [4.78, 5) is 10.7. The van der Waals surface area contributed by atoms with E-state index in [1.165, 1.54) is 0 Å². The van der Waals surface area contributed by atoms with E-state index in [4.69, 9.17) is 33.0 Å². The lowest BCUT2D eigenvalue weighted by Crippen LogP contribution is -1.98. The average molecular weight is 241 g/mol. The predicted octanol–water partition coefficient (Wildman–Crippen LogP) is 3.15. The summed E-state index contributed by atoms with van der Waals surface area (Å²) in [5.41, 5.74) is 0. The summed E-state index contributed by atoms with van der Waals surface area (Å²) >= 11 is 12.3. The maximum Gasteiger partial charge on any atom is 0.349 e. The molecule has 1 heterocycles. The van der Waals surface area contributed by atoms with Crippen molar-refractivity contribution in [3.63, 3.8) is 0 Å². The molecule has 0 spiro atoms. The monoisotopic (exact) mass is 240 g/mol. The average Bonchev–Trinajstić information content (AvgIpc) is 2.33. The van der Waals surface area contributed by atoms with Crippen molar-refractivity contribution in [1.82, 2.24) is 0 Å².